The predicted octanol–water partition coefficient (Wildman–Crippen LogP) is 1.18. The van der Waals surface area contributed by atoms with E-state index in [2.05, 4.69) is 22.5 Å². The standard InChI is InChI=1S/C9H17N3O.C2H6/c1-2-12-5-3-9(4-6-12)7-10-8(13)11-9;1-2/h2-7H2,1H3,(H2,10,11,13);1-2H3. The van der Waals surface area contributed by atoms with Gasteiger partial charge in [-0.1, -0.05) is 20.8 Å². The monoisotopic (exact) mass is 213 g/mol. The Kier molecular flexibility index (Phi) is 4.39. The van der Waals surface area contributed by atoms with Crippen LogP contribution in [0.3, 0.4) is 0 Å². The molecule has 88 valence electrons. The summed E-state index contributed by atoms with van der Waals surface area (Å²) in [7, 11) is 0. The molecular weight excluding hydrogens is 190 g/mol. The van der Waals surface area contributed by atoms with Crippen LogP contribution in [-0.2, 0) is 0 Å². The second-order valence-electron chi connectivity index (χ2n) is 4.02. The van der Waals surface area contributed by atoms with E-state index in [1.54, 1.807) is 0 Å². The van der Waals surface area contributed by atoms with Crippen molar-refractivity contribution >= 4 is 6.03 Å². The van der Waals surface area contributed by atoms with Gasteiger partial charge >= 0.3 is 6.03 Å². The van der Waals surface area contributed by atoms with Crippen molar-refractivity contribution in [3.63, 3.8) is 0 Å². The Bertz CT molecular complexity index is 210. The van der Waals surface area contributed by atoms with E-state index in [1.807, 2.05) is 13.8 Å². The molecule has 2 saturated heterocycles. The second-order valence-corrected chi connectivity index (χ2v) is 4.02. The van der Waals surface area contributed by atoms with Crippen LogP contribution in [0.5, 0.6) is 0 Å². The summed E-state index contributed by atoms with van der Waals surface area (Å²) in [5.74, 6) is 0. The highest BCUT2D eigenvalue weighted by atomic mass is 16.2. The number of carbonyl (C=O) groups excluding carboxylic acids is 1. The average molecular weight is 213 g/mol. The zero-order chi connectivity index (χ0) is 11.3. The summed E-state index contributed by atoms with van der Waals surface area (Å²) in [4.78, 5) is 13.5. The van der Waals surface area contributed by atoms with Crippen molar-refractivity contribution in [1.82, 2.24) is 15.5 Å². The summed E-state index contributed by atoms with van der Waals surface area (Å²) in [6.07, 6.45) is 2.17. The number of rotatable bonds is 1. The van der Waals surface area contributed by atoms with Crippen molar-refractivity contribution in [2.75, 3.05) is 26.2 Å². The van der Waals surface area contributed by atoms with Gasteiger partial charge in [0.25, 0.3) is 0 Å². The fourth-order valence-electron chi connectivity index (χ4n) is 2.18. The molecule has 0 aromatic rings. The van der Waals surface area contributed by atoms with Crippen LogP contribution in [0.25, 0.3) is 0 Å². The Balaban J connectivity index is 0.000000531. The van der Waals surface area contributed by atoms with E-state index < -0.39 is 0 Å². The minimum absolute atomic E-state index is 0.00458. The Hall–Kier alpha value is -0.770. The van der Waals surface area contributed by atoms with Gasteiger partial charge in [0.15, 0.2) is 0 Å². The van der Waals surface area contributed by atoms with E-state index in [1.165, 1.54) is 0 Å². The normalized spacial score (nSPS) is 24.1. The summed E-state index contributed by atoms with van der Waals surface area (Å²) < 4.78 is 0. The van der Waals surface area contributed by atoms with Gasteiger partial charge in [-0.2, -0.15) is 0 Å². The minimum Gasteiger partial charge on any atom is -0.336 e. The van der Waals surface area contributed by atoms with Crippen LogP contribution in [0.1, 0.15) is 33.6 Å². The van der Waals surface area contributed by atoms with E-state index in [0.29, 0.717) is 0 Å². The Morgan fingerprint density at radius 3 is 2.33 bits per heavy atom. The highest BCUT2D eigenvalue weighted by Crippen LogP contribution is 2.23. The number of nitrogens with one attached hydrogen (secondary N) is 2. The van der Waals surface area contributed by atoms with Crippen LogP contribution in [0.2, 0.25) is 0 Å². The SMILES string of the molecule is CC.CCN1CCC2(CC1)CNC(=O)N2. The molecule has 4 nitrogen and oxygen atoms in total. The van der Waals surface area contributed by atoms with Crippen molar-refractivity contribution in [3.8, 4) is 0 Å². The number of nitrogens with zero attached hydrogens (tertiary/aromatic N) is 1. The molecule has 0 aliphatic carbocycles. The molecule has 0 saturated carbocycles. The molecule has 0 bridgehead atoms. The molecule has 0 aromatic carbocycles. The third-order valence-corrected chi connectivity index (χ3v) is 3.23. The molecule has 2 rings (SSSR count). The fourth-order valence-corrected chi connectivity index (χ4v) is 2.18. The molecule has 0 aromatic heterocycles. The lowest BCUT2D eigenvalue weighted by Crippen LogP contribution is -2.52. The number of urea groups is 1. The third kappa shape index (κ3) is 2.84. The van der Waals surface area contributed by atoms with Gasteiger partial charge < -0.3 is 15.5 Å². The van der Waals surface area contributed by atoms with Gasteiger partial charge in [-0.25, -0.2) is 4.79 Å². The predicted molar refractivity (Wildman–Crippen MR) is 62.0 cm³/mol. The van der Waals surface area contributed by atoms with Gasteiger partial charge in [0.1, 0.15) is 0 Å². The van der Waals surface area contributed by atoms with Gasteiger partial charge in [-0.15, -0.1) is 0 Å². The Morgan fingerprint density at radius 1 is 1.33 bits per heavy atom. The van der Waals surface area contributed by atoms with Crippen LogP contribution in [-0.4, -0.2) is 42.6 Å². The van der Waals surface area contributed by atoms with E-state index in [-0.39, 0.29) is 11.6 Å². The summed E-state index contributed by atoms with van der Waals surface area (Å²) in [5, 5.41) is 5.88. The molecule has 0 unspecified atom stereocenters. The molecule has 2 aliphatic heterocycles. The van der Waals surface area contributed by atoms with E-state index in [9.17, 15) is 4.79 Å². The molecule has 2 amide bonds. The van der Waals surface area contributed by atoms with Crippen LogP contribution in [0.4, 0.5) is 4.79 Å². The van der Waals surface area contributed by atoms with Crippen molar-refractivity contribution in [2.24, 2.45) is 0 Å². The first-order valence-corrected chi connectivity index (χ1v) is 6.02. The number of hydrogen-bond acceptors (Lipinski definition) is 2. The van der Waals surface area contributed by atoms with Gasteiger partial charge in [0.05, 0.1) is 5.54 Å². The van der Waals surface area contributed by atoms with Gasteiger partial charge in [0, 0.05) is 19.6 Å². The number of likely N-dealkylation sites (tertiary alicyclic amines) is 1. The maximum atomic E-state index is 11.0. The van der Waals surface area contributed by atoms with Crippen molar-refractivity contribution in [2.45, 2.75) is 39.2 Å². The van der Waals surface area contributed by atoms with E-state index >= 15 is 0 Å². The highest BCUT2D eigenvalue weighted by Gasteiger charge is 2.39. The lowest BCUT2D eigenvalue weighted by molar-refractivity contribution is 0.162. The van der Waals surface area contributed by atoms with E-state index in [0.717, 1.165) is 39.0 Å². The molecule has 0 radical (unpaired) electrons. The smallest absolute Gasteiger partial charge is 0.315 e. The summed E-state index contributed by atoms with van der Waals surface area (Å²) in [6.45, 7) is 10.3. The molecular formula is C11H23N3O. The molecule has 1 spiro atoms. The van der Waals surface area contributed by atoms with Gasteiger partial charge in [0.2, 0.25) is 0 Å². The lowest BCUT2D eigenvalue weighted by atomic mass is 9.88. The number of hydrogen-bond donors (Lipinski definition) is 2. The lowest BCUT2D eigenvalue weighted by Gasteiger charge is -2.37. The Morgan fingerprint density at radius 2 is 1.93 bits per heavy atom. The van der Waals surface area contributed by atoms with Crippen molar-refractivity contribution < 1.29 is 4.79 Å². The first kappa shape index (κ1) is 12.3. The van der Waals surface area contributed by atoms with Crippen LogP contribution >= 0.6 is 0 Å². The summed E-state index contributed by atoms with van der Waals surface area (Å²) in [5.41, 5.74) is 0.0722. The summed E-state index contributed by atoms with van der Waals surface area (Å²) in [6, 6.07) is 0.00458. The molecule has 0 atom stereocenters. The first-order chi connectivity index (χ1) is 7.24. The molecule has 2 heterocycles. The molecule has 15 heavy (non-hydrogen) atoms. The van der Waals surface area contributed by atoms with Crippen LogP contribution < -0.4 is 10.6 Å². The number of carbonyl (C=O) groups is 1. The van der Waals surface area contributed by atoms with Crippen molar-refractivity contribution in [3.05, 3.63) is 0 Å². The highest BCUT2D eigenvalue weighted by molar-refractivity contribution is 5.77. The van der Waals surface area contributed by atoms with Gasteiger partial charge in [-0.05, 0) is 19.4 Å². The Labute approximate surface area is 92.4 Å². The maximum Gasteiger partial charge on any atom is 0.315 e. The van der Waals surface area contributed by atoms with Crippen LogP contribution in [0, 0.1) is 0 Å². The first-order valence-electron chi connectivity index (χ1n) is 6.02. The van der Waals surface area contributed by atoms with Gasteiger partial charge in [-0.3, -0.25) is 0 Å². The maximum absolute atomic E-state index is 11.0. The summed E-state index contributed by atoms with van der Waals surface area (Å²) >= 11 is 0. The van der Waals surface area contributed by atoms with E-state index in [4.69, 9.17) is 0 Å². The number of amides is 2. The largest absolute Gasteiger partial charge is 0.336 e. The zero-order valence-electron chi connectivity index (χ0n) is 10.1. The molecule has 2 fully saturated rings. The zero-order valence-corrected chi connectivity index (χ0v) is 10.1. The molecule has 4 heteroatoms. The third-order valence-electron chi connectivity index (χ3n) is 3.23. The quantitative estimate of drug-likeness (QED) is 0.687. The topological polar surface area (TPSA) is 44.4 Å². The fraction of sp³-hybridized carbons (Fsp3) is 0.909. The second kappa shape index (κ2) is 5.35. The minimum atomic E-state index is 0.00458. The van der Waals surface area contributed by atoms with Crippen LogP contribution in [0.15, 0.2) is 0 Å². The molecule has 2 aliphatic rings. The average Bonchev–Trinajstić information content (AvgIpc) is 2.64. The molecule has 2 N–H and O–H groups in total. The van der Waals surface area contributed by atoms with Crippen molar-refractivity contribution in [1.29, 1.82) is 0 Å². The number of piperidine rings is 1.